The van der Waals surface area contributed by atoms with Crippen molar-refractivity contribution in [3.05, 3.63) is 22.5 Å². The van der Waals surface area contributed by atoms with Crippen LogP contribution < -0.4 is 5.32 Å². The van der Waals surface area contributed by atoms with Crippen LogP contribution in [0, 0.1) is 5.82 Å². The molecule has 1 unspecified atom stereocenters. The summed E-state index contributed by atoms with van der Waals surface area (Å²) in [5.41, 5.74) is 0.410. The fourth-order valence-electron chi connectivity index (χ4n) is 1.83. The molecule has 1 atom stereocenters. The molecular weight excluding hydrogens is 221 g/mol. The Hall–Kier alpha value is -1.00. The molecule has 5 heteroatoms. The second kappa shape index (κ2) is 3.87. The van der Waals surface area contributed by atoms with Gasteiger partial charge in [-0.25, -0.2) is 4.39 Å². The Balaban J connectivity index is 2.47. The smallest absolute Gasteiger partial charge is 0.174 e. The molecule has 2 rings (SSSR count). The first-order valence-corrected chi connectivity index (χ1v) is 5.12. The molecule has 0 aromatic heterocycles. The third-order valence-electron chi connectivity index (χ3n) is 2.63. The van der Waals surface area contributed by atoms with Crippen LogP contribution in [0.5, 0.6) is 11.5 Å². The number of phenolic OH excluding ortho intramolecular Hbond substituents is 2. The van der Waals surface area contributed by atoms with Gasteiger partial charge < -0.3 is 15.5 Å². The molecule has 1 aliphatic heterocycles. The van der Waals surface area contributed by atoms with Crippen LogP contribution in [0.3, 0.4) is 0 Å². The van der Waals surface area contributed by atoms with Gasteiger partial charge in [-0.1, -0.05) is 11.6 Å². The lowest BCUT2D eigenvalue weighted by molar-refractivity contribution is 0.412. The normalized spacial score (nSPS) is 20.8. The van der Waals surface area contributed by atoms with Crippen LogP contribution in [0.15, 0.2) is 6.07 Å². The van der Waals surface area contributed by atoms with Crippen LogP contribution in [-0.4, -0.2) is 16.8 Å². The molecule has 1 aromatic carbocycles. The first kappa shape index (κ1) is 10.5. The Morgan fingerprint density at radius 3 is 2.73 bits per heavy atom. The molecule has 0 bridgehead atoms. The lowest BCUT2D eigenvalue weighted by Crippen LogP contribution is -2.13. The van der Waals surface area contributed by atoms with E-state index in [-0.39, 0.29) is 16.8 Å². The number of benzene rings is 1. The highest BCUT2D eigenvalue weighted by atomic mass is 35.5. The van der Waals surface area contributed by atoms with Gasteiger partial charge in [0.05, 0.1) is 0 Å². The van der Waals surface area contributed by atoms with E-state index < -0.39 is 11.6 Å². The van der Waals surface area contributed by atoms with E-state index in [1.165, 1.54) is 0 Å². The molecule has 0 saturated carbocycles. The summed E-state index contributed by atoms with van der Waals surface area (Å²) >= 11 is 5.60. The molecule has 1 aliphatic rings. The standard InChI is InChI=1S/C10H11ClFNO2/c11-8-9(14)5(4-6(12)10(8)15)7-2-1-3-13-7/h4,7,13-15H,1-3H2. The molecule has 1 aromatic rings. The Kier molecular flexibility index (Phi) is 2.71. The molecule has 0 amide bonds. The van der Waals surface area contributed by atoms with Crippen LogP contribution in [0.25, 0.3) is 0 Å². The highest BCUT2D eigenvalue weighted by molar-refractivity contribution is 6.33. The maximum absolute atomic E-state index is 13.2. The lowest BCUT2D eigenvalue weighted by atomic mass is 10.0. The maximum Gasteiger partial charge on any atom is 0.174 e. The van der Waals surface area contributed by atoms with E-state index in [0.29, 0.717) is 5.56 Å². The summed E-state index contributed by atoms with van der Waals surface area (Å²) in [6.45, 7) is 0.838. The third-order valence-corrected chi connectivity index (χ3v) is 2.99. The monoisotopic (exact) mass is 231 g/mol. The molecular formula is C10H11ClFNO2. The largest absolute Gasteiger partial charge is 0.506 e. The van der Waals surface area contributed by atoms with Crippen molar-refractivity contribution in [2.75, 3.05) is 6.54 Å². The average molecular weight is 232 g/mol. The zero-order valence-electron chi connectivity index (χ0n) is 7.93. The summed E-state index contributed by atoms with van der Waals surface area (Å²) in [6, 6.07) is 1.04. The van der Waals surface area contributed by atoms with Crippen LogP contribution in [0.1, 0.15) is 24.4 Å². The van der Waals surface area contributed by atoms with Gasteiger partial charge in [0.15, 0.2) is 11.6 Å². The average Bonchev–Trinajstić information content (AvgIpc) is 2.73. The highest BCUT2D eigenvalue weighted by Gasteiger charge is 2.24. The maximum atomic E-state index is 13.2. The number of hydrogen-bond donors (Lipinski definition) is 3. The van der Waals surface area contributed by atoms with Crippen molar-refractivity contribution in [2.24, 2.45) is 0 Å². The molecule has 0 radical (unpaired) electrons. The van der Waals surface area contributed by atoms with Gasteiger partial charge in [0, 0.05) is 11.6 Å². The minimum atomic E-state index is -0.804. The zero-order chi connectivity index (χ0) is 11.0. The minimum absolute atomic E-state index is 0.0856. The summed E-state index contributed by atoms with van der Waals surface area (Å²) in [7, 11) is 0. The van der Waals surface area contributed by atoms with E-state index in [1.807, 2.05) is 0 Å². The summed E-state index contributed by atoms with van der Waals surface area (Å²) in [5, 5.41) is 21.6. The molecule has 3 N–H and O–H groups in total. The topological polar surface area (TPSA) is 52.5 Å². The van der Waals surface area contributed by atoms with Gasteiger partial charge in [0.25, 0.3) is 0 Å². The number of hydrogen-bond acceptors (Lipinski definition) is 3. The number of phenols is 2. The third kappa shape index (κ3) is 1.75. The second-order valence-electron chi connectivity index (χ2n) is 3.61. The number of aromatic hydroxyl groups is 2. The zero-order valence-corrected chi connectivity index (χ0v) is 8.68. The molecule has 82 valence electrons. The molecule has 1 heterocycles. The van der Waals surface area contributed by atoms with E-state index in [4.69, 9.17) is 16.7 Å². The van der Waals surface area contributed by atoms with Crippen molar-refractivity contribution >= 4 is 11.6 Å². The van der Waals surface area contributed by atoms with Crippen molar-refractivity contribution in [3.8, 4) is 11.5 Å². The van der Waals surface area contributed by atoms with Gasteiger partial charge in [0.2, 0.25) is 0 Å². The predicted octanol–water partition coefficient (Wildman–Crippen LogP) is 2.31. The van der Waals surface area contributed by atoms with Crippen molar-refractivity contribution in [2.45, 2.75) is 18.9 Å². The van der Waals surface area contributed by atoms with Crippen molar-refractivity contribution in [1.29, 1.82) is 0 Å². The fraction of sp³-hybridized carbons (Fsp3) is 0.400. The second-order valence-corrected chi connectivity index (χ2v) is 3.99. The molecule has 3 nitrogen and oxygen atoms in total. The van der Waals surface area contributed by atoms with Crippen molar-refractivity contribution < 1.29 is 14.6 Å². The van der Waals surface area contributed by atoms with E-state index >= 15 is 0 Å². The van der Waals surface area contributed by atoms with E-state index in [9.17, 15) is 9.50 Å². The van der Waals surface area contributed by atoms with Crippen LogP contribution in [0.4, 0.5) is 4.39 Å². The molecule has 0 spiro atoms. The number of nitrogens with one attached hydrogen (secondary N) is 1. The van der Waals surface area contributed by atoms with Gasteiger partial charge in [-0.05, 0) is 25.5 Å². The van der Waals surface area contributed by atoms with Crippen molar-refractivity contribution in [1.82, 2.24) is 5.32 Å². The SMILES string of the molecule is Oc1c(F)cc(C2CCCN2)c(O)c1Cl. The van der Waals surface area contributed by atoms with Gasteiger partial charge >= 0.3 is 0 Å². The molecule has 15 heavy (non-hydrogen) atoms. The Bertz CT molecular complexity index is 391. The minimum Gasteiger partial charge on any atom is -0.506 e. The number of rotatable bonds is 1. The predicted molar refractivity (Wildman–Crippen MR) is 54.7 cm³/mol. The summed E-state index contributed by atoms with van der Waals surface area (Å²) in [6.07, 6.45) is 1.80. The van der Waals surface area contributed by atoms with Gasteiger partial charge in [-0.3, -0.25) is 0 Å². The summed E-state index contributed by atoms with van der Waals surface area (Å²) in [4.78, 5) is 0. The van der Waals surface area contributed by atoms with E-state index in [2.05, 4.69) is 5.32 Å². The highest BCUT2D eigenvalue weighted by Crippen LogP contribution is 2.41. The number of halogens is 2. The molecule has 1 fully saturated rings. The molecule has 1 saturated heterocycles. The van der Waals surface area contributed by atoms with E-state index in [1.54, 1.807) is 0 Å². The van der Waals surface area contributed by atoms with Crippen molar-refractivity contribution in [3.63, 3.8) is 0 Å². The van der Waals surface area contributed by atoms with Gasteiger partial charge in [0.1, 0.15) is 10.8 Å². The van der Waals surface area contributed by atoms with Crippen LogP contribution in [0.2, 0.25) is 5.02 Å². The lowest BCUT2D eigenvalue weighted by Gasteiger charge is -2.14. The first-order chi connectivity index (χ1) is 7.11. The Morgan fingerprint density at radius 2 is 2.13 bits per heavy atom. The van der Waals surface area contributed by atoms with E-state index in [0.717, 1.165) is 25.5 Å². The first-order valence-electron chi connectivity index (χ1n) is 4.74. The fourth-order valence-corrected chi connectivity index (χ4v) is 2.03. The van der Waals surface area contributed by atoms with Crippen LogP contribution >= 0.6 is 11.6 Å². The quantitative estimate of drug-likeness (QED) is 0.695. The summed E-state index contributed by atoms with van der Waals surface area (Å²) < 4.78 is 13.2. The van der Waals surface area contributed by atoms with Gasteiger partial charge in [-0.2, -0.15) is 0 Å². The Labute approximate surface area is 91.5 Å². The summed E-state index contributed by atoms with van der Waals surface area (Å²) in [5.74, 6) is -1.74. The van der Waals surface area contributed by atoms with Crippen LogP contribution in [-0.2, 0) is 0 Å². The Morgan fingerprint density at radius 1 is 1.40 bits per heavy atom. The van der Waals surface area contributed by atoms with Gasteiger partial charge in [-0.15, -0.1) is 0 Å². The molecule has 0 aliphatic carbocycles.